The Morgan fingerprint density at radius 1 is 0.438 bits per heavy atom. The molecule has 48 heavy (non-hydrogen) atoms. The first-order chi connectivity index (χ1) is 23.3. The van der Waals surface area contributed by atoms with Gasteiger partial charge >= 0.3 is 0 Å². The number of anilines is 3. The van der Waals surface area contributed by atoms with Gasteiger partial charge in [-0.25, -0.2) is 0 Å². The summed E-state index contributed by atoms with van der Waals surface area (Å²) in [5.74, 6) is 0. The van der Waals surface area contributed by atoms with Crippen molar-refractivity contribution in [1.29, 1.82) is 0 Å². The van der Waals surface area contributed by atoms with E-state index in [0.29, 0.717) is 0 Å². The van der Waals surface area contributed by atoms with Crippen LogP contribution in [0.1, 0.15) is 49.9 Å². The van der Waals surface area contributed by atoms with E-state index in [9.17, 15) is 0 Å². The topological polar surface area (TPSA) is 3.24 Å². The summed E-state index contributed by atoms with van der Waals surface area (Å²) in [4.78, 5) is 2.51. The lowest BCUT2D eigenvalue weighted by molar-refractivity contribution is 0.660. The number of hydrogen-bond donors (Lipinski definition) is 0. The van der Waals surface area contributed by atoms with Gasteiger partial charge in [-0.1, -0.05) is 119 Å². The summed E-state index contributed by atoms with van der Waals surface area (Å²) in [5, 5.41) is 5.20. The van der Waals surface area contributed by atoms with Crippen molar-refractivity contribution in [3.63, 3.8) is 0 Å². The van der Waals surface area contributed by atoms with Crippen LogP contribution in [0.2, 0.25) is 0 Å². The molecular formula is C46H35NS. The minimum absolute atomic E-state index is 0.0378. The van der Waals surface area contributed by atoms with Crippen molar-refractivity contribution in [1.82, 2.24) is 0 Å². The Morgan fingerprint density at radius 2 is 1.08 bits per heavy atom. The van der Waals surface area contributed by atoms with Crippen LogP contribution in [0.25, 0.3) is 53.2 Å². The zero-order valence-electron chi connectivity index (χ0n) is 27.6. The molecule has 0 radical (unpaired) electrons. The van der Waals surface area contributed by atoms with Gasteiger partial charge in [0.2, 0.25) is 0 Å². The van der Waals surface area contributed by atoms with Gasteiger partial charge in [-0.15, -0.1) is 11.3 Å². The van der Waals surface area contributed by atoms with E-state index in [1.54, 1.807) is 0 Å². The molecule has 0 fully saturated rings. The highest BCUT2D eigenvalue weighted by molar-refractivity contribution is 7.25. The Bertz CT molecular complexity index is 2630. The third-order valence-corrected chi connectivity index (χ3v) is 12.4. The van der Waals surface area contributed by atoms with E-state index in [0.717, 1.165) is 0 Å². The summed E-state index contributed by atoms with van der Waals surface area (Å²) in [6.45, 7) is 9.45. The lowest BCUT2D eigenvalue weighted by Crippen LogP contribution is -2.16. The van der Waals surface area contributed by atoms with Crippen LogP contribution in [0.3, 0.4) is 0 Å². The molecule has 7 aromatic carbocycles. The fraction of sp³-hybridized carbons (Fsp3) is 0.130. The standard InChI is InChI=1S/C46H35NS/c1-45(2)37-15-8-5-12-32(37)35-27-31(22-23-39(35)45)47(41-18-11-17-40-44(41)34-14-6-9-16-38(34)46(40,3)4)30-21-20-28-26-43-36(25-29(28)24-30)33-13-7-10-19-42(33)48-43/h5-27H,1-4H3. The second-order valence-corrected chi connectivity index (χ2v) is 15.7. The molecule has 230 valence electrons. The maximum absolute atomic E-state index is 2.51. The van der Waals surface area contributed by atoms with Crippen molar-refractivity contribution in [2.24, 2.45) is 0 Å². The number of fused-ring (bicyclic) bond motifs is 10. The number of rotatable bonds is 3. The molecule has 10 rings (SSSR count). The SMILES string of the molecule is CC1(C)c2ccccc2-c2cc(N(c3ccc4cc5sc6ccccc6c5cc4c3)c3cccc4c3-c3ccccc3C4(C)C)ccc21. The normalized spacial score (nSPS) is 15.0. The van der Waals surface area contributed by atoms with Crippen molar-refractivity contribution < 1.29 is 0 Å². The highest BCUT2D eigenvalue weighted by atomic mass is 32.1. The van der Waals surface area contributed by atoms with E-state index in [-0.39, 0.29) is 10.8 Å². The third kappa shape index (κ3) is 3.72. The summed E-state index contributed by atoms with van der Waals surface area (Å²) in [7, 11) is 0. The molecule has 0 amide bonds. The number of nitrogens with zero attached hydrogens (tertiary/aromatic N) is 1. The molecule has 2 aliphatic carbocycles. The van der Waals surface area contributed by atoms with Gasteiger partial charge in [0.05, 0.1) is 5.69 Å². The van der Waals surface area contributed by atoms with Crippen molar-refractivity contribution in [3.8, 4) is 22.3 Å². The molecule has 0 saturated carbocycles. The zero-order valence-corrected chi connectivity index (χ0v) is 28.5. The van der Waals surface area contributed by atoms with Crippen LogP contribution in [-0.4, -0.2) is 0 Å². The van der Waals surface area contributed by atoms with Crippen LogP contribution in [0.4, 0.5) is 17.1 Å². The molecule has 1 nitrogen and oxygen atoms in total. The van der Waals surface area contributed by atoms with Gasteiger partial charge in [0.15, 0.2) is 0 Å². The molecule has 1 heterocycles. The predicted octanol–water partition coefficient (Wildman–Crippen LogP) is 13.3. The van der Waals surface area contributed by atoms with Crippen LogP contribution in [0.15, 0.2) is 140 Å². The fourth-order valence-corrected chi connectivity index (χ4v) is 9.93. The van der Waals surface area contributed by atoms with Crippen LogP contribution < -0.4 is 4.90 Å². The lowest BCUT2D eigenvalue weighted by atomic mass is 9.82. The summed E-state index contributed by atoms with van der Waals surface area (Å²) >= 11 is 1.88. The van der Waals surface area contributed by atoms with Crippen molar-refractivity contribution in [2.45, 2.75) is 38.5 Å². The Hall–Kier alpha value is -5.18. The van der Waals surface area contributed by atoms with Crippen molar-refractivity contribution in [3.05, 3.63) is 162 Å². The van der Waals surface area contributed by atoms with Crippen LogP contribution in [0.5, 0.6) is 0 Å². The maximum atomic E-state index is 2.51. The Kier molecular flexibility index (Phi) is 5.63. The highest BCUT2D eigenvalue weighted by Gasteiger charge is 2.39. The third-order valence-electron chi connectivity index (χ3n) is 11.2. The lowest BCUT2D eigenvalue weighted by Gasteiger charge is -2.30. The predicted molar refractivity (Wildman–Crippen MR) is 207 cm³/mol. The first kappa shape index (κ1) is 27.9. The van der Waals surface area contributed by atoms with E-state index in [4.69, 9.17) is 0 Å². The van der Waals surface area contributed by atoms with Gasteiger partial charge in [-0.05, 0) is 98.2 Å². The van der Waals surface area contributed by atoms with E-state index in [1.807, 2.05) is 11.3 Å². The molecule has 8 aromatic rings. The van der Waals surface area contributed by atoms with Crippen LogP contribution in [0, 0.1) is 0 Å². The summed E-state index contributed by atoms with van der Waals surface area (Å²) in [6, 6.07) is 52.6. The van der Waals surface area contributed by atoms with E-state index in [1.165, 1.54) is 92.5 Å². The Morgan fingerprint density at radius 3 is 1.94 bits per heavy atom. The average molecular weight is 634 g/mol. The zero-order chi connectivity index (χ0) is 32.4. The molecule has 2 heteroatoms. The minimum Gasteiger partial charge on any atom is -0.310 e. The number of benzene rings is 7. The van der Waals surface area contributed by atoms with E-state index >= 15 is 0 Å². The molecule has 0 aliphatic heterocycles. The highest BCUT2D eigenvalue weighted by Crippen LogP contribution is 2.56. The largest absolute Gasteiger partial charge is 0.310 e. The molecule has 0 spiro atoms. The monoisotopic (exact) mass is 633 g/mol. The fourth-order valence-electron chi connectivity index (χ4n) is 8.79. The molecule has 0 unspecified atom stereocenters. The van der Waals surface area contributed by atoms with Gasteiger partial charge in [-0.3, -0.25) is 0 Å². The molecule has 1 aromatic heterocycles. The molecule has 0 saturated heterocycles. The Labute approximate surface area is 285 Å². The second kappa shape index (κ2) is 9.69. The minimum atomic E-state index is -0.0799. The first-order valence-electron chi connectivity index (χ1n) is 16.9. The molecule has 0 bridgehead atoms. The average Bonchev–Trinajstić information content (AvgIpc) is 3.67. The first-order valence-corrected chi connectivity index (χ1v) is 17.8. The van der Waals surface area contributed by atoms with Crippen LogP contribution in [-0.2, 0) is 10.8 Å². The van der Waals surface area contributed by atoms with Gasteiger partial charge in [0.1, 0.15) is 0 Å². The quantitative estimate of drug-likeness (QED) is 0.187. The van der Waals surface area contributed by atoms with Gasteiger partial charge in [0, 0.05) is 47.9 Å². The molecule has 0 atom stereocenters. The second-order valence-electron chi connectivity index (χ2n) is 14.6. The maximum Gasteiger partial charge on any atom is 0.0543 e. The van der Waals surface area contributed by atoms with Crippen molar-refractivity contribution >= 4 is 59.3 Å². The Balaban J connectivity index is 1.25. The molecular weight excluding hydrogens is 599 g/mol. The van der Waals surface area contributed by atoms with Crippen molar-refractivity contribution in [2.75, 3.05) is 4.90 Å². The summed E-state index contributed by atoms with van der Waals surface area (Å²) in [5.41, 5.74) is 14.4. The van der Waals surface area contributed by atoms with Crippen LogP contribution >= 0.6 is 11.3 Å². The van der Waals surface area contributed by atoms with Gasteiger partial charge in [0.25, 0.3) is 0 Å². The summed E-state index contributed by atoms with van der Waals surface area (Å²) in [6.07, 6.45) is 0. The number of hydrogen-bond acceptors (Lipinski definition) is 2. The van der Waals surface area contributed by atoms with E-state index in [2.05, 4.69) is 172 Å². The molecule has 2 aliphatic rings. The molecule has 0 N–H and O–H groups in total. The smallest absolute Gasteiger partial charge is 0.0543 e. The number of thiophene rings is 1. The van der Waals surface area contributed by atoms with Gasteiger partial charge < -0.3 is 4.90 Å². The van der Waals surface area contributed by atoms with Gasteiger partial charge in [-0.2, -0.15) is 0 Å². The summed E-state index contributed by atoms with van der Waals surface area (Å²) < 4.78 is 2.68. The van der Waals surface area contributed by atoms with E-state index < -0.39 is 0 Å².